The van der Waals surface area contributed by atoms with Crippen molar-refractivity contribution in [3.05, 3.63) is 84.3 Å². The molecule has 2 aromatic carbocycles. The third kappa shape index (κ3) is 5.73. The predicted molar refractivity (Wildman–Crippen MR) is 114 cm³/mol. The number of carbonyl (C=O) groups is 2. The molecule has 0 bridgehead atoms. The minimum atomic E-state index is -3.99. The predicted octanol–water partition coefficient (Wildman–Crippen LogP) is 2.56. The molecule has 31 heavy (non-hydrogen) atoms. The number of rotatable bonds is 7. The standard InChI is InChI=1S/C21H19N3O6S/c1-29-19-10-3-2-9-18(19)24-31(27,28)17-8-4-6-15(14-17)21(26)23-22-20(25)12-11-16-7-5-13-30-16/h2-14,24H,1H3,(H,22,25)(H,23,26). The van der Waals surface area contributed by atoms with Crippen molar-refractivity contribution >= 4 is 33.6 Å². The van der Waals surface area contributed by atoms with Crippen LogP contribution in [0.1, 0.15) is 16.1 Å². The Labute approximate surface area is 178 Å². The van der Waals surface area contributed by atoms with Crippen molar-refractivity contribution in [2.45, 2.75) is 4.90 Å². The van der Waals surface area contributed by atoms with Crippen molar-refractivity contribution in [1.82, 2.24) is 10.9 Å². The summed E-state index contributed by atoms with van der Waals surface area (Å²) in [6, 6.07) is 15.2. The van der Waals surface area contributed by atoms with Gasteiger partial charge >= 0.3 is 0 Å². The van der Waals surface area contributed by atoms with Crippen molar-refractivity contribution in [3.63, 3.8) is 0 Å². The Morgan fingerprint density at radius 3 is 2.55 bits per heavy atom. The highest BCUT2D eigenvalue weighted by molar-refractivity contribution is 7.92. The Hall–Kier alpha value is -4.05. The summed E-state index contributed by atoms with van der Waals surface area (Å²) in [5.74, 6) is -0.451. The third-order valence-corrected chi connectivity index (χ3v) is 5.36. The molecule has 160 valence electrons. The van der Waals surface area contributed by atoms with Gasteiger partial charge in [-0.05, 0) is 48.5 Å². The molecular formula is C21H19N3O6S. The van der Waals surface area contributed by atoms with Gasteiger partial charge in [-0.15, -0.1) is 0 Å². The van der Waals surface area contributed by atoms with Crippen LogP contribution >= 0.6 is 0 Å². The molecule has 0 spiro atoms. The van der Waals surface area contributed by atoms with Gasteiger partial charge in [-0.1, -0.05) is 18.2 Å². The number of hydrogen-bond acceptors (Lipinski definition) is 6. The van der Waals surface area contributed by atoms with E-state index in [4.69, 9.17) is 9.15 Å². The lowest BCUT2D eigenvalue weighted by Crippen LogP contribution is -2.40. The van der Waals surface area contributed by atoms with E-state index in [-0.39, 0.29) is 16.1 Å². The van der Waals surface area contributed by atoms with Crippen LogP contribution in [0.2, 0.25) is 0 Å². The van der Waals surface area contributed by atoms with Gasteiger partial charge in [0.05, 0.1) is 24.0 Å². The first-order chi connectivity index (χ1) is 14.9. The van der Waals surface area contributed by atoms with Gasteiger partial charge in [-0.25, -0.2) is 8.42 Å². The average Bonchev–Trinajstić information content (AvgIpc) is 3.30. The first-order valence-electron chi connectivity index (χ1n) is 8.97. The summed E-state index contributed by atoms with van der Waals surface area (Å²) >= 11 is 0. The molecular weight excluding hydrogens is 422 g/mol. The first-order valence-corrected chi connectivity index (χ1v) is 10.4. The molecule has 0 atom stereocenters. The molecule has 2 amide bonds. The van der Waals surface area contributed by atoms with E-state index in [1.807, 2.05) is 0 Å². The van der Waals surface area contributed by atoms with Crippen LogP contribution in [0.15, 0.2) is 82.3 Å². The number of hydrazine groups is 1. The second-order valence-electron chi connectivity index (χ2n) is 6.13. The molecule has 3 rings (SSSR count). The number of methoxy groups -OCH3 is 1. The summed E-state index contributed by atoms with van der Waals surface area (Å²) in [7, 11) is -2.56. The monoisotopic (exact) mass is 441 g/mol. The quantitative estimate of drug-likeness (QED) is 0.382. The summed E-state index contributed by atoms with van der Waals surface area (Å²) in [5.41, 5.74) is 4.73. The van der Waals surface area contributed by atoms with Crippen LogP contribution in [-0.2, 0) is 14.8 Å². The van der Waals surface area contributed by atoms with Crippen LogP contribution in [0.4, 0.5) is 5.69 Å². The Kier molecular flexibility index (Phi) is 6.73. The van der Waals surface area contributed by atoms with Gasteiger partial charge in [0.15, 0.2) is 0 Å². The number of para-hydroxylation sites is 2. The van der Waals surface area contributed by atoms with Crippen molar-refractivity contribution in [1.29, 1.82) is 0 Å². The second kappa shape index (κ2) is 9.63. The van der Waals surface area contributed by atoms with Gasteiger partial charge in [0.2, 0.25) is 0 Å². The molecule has 0 saturated carbocycles. The zero-order valence-electron chi connectivity index (χ0n) is 16.4. The van der Waals surface area contributed by atoms with Crippen LogP contribution in [0.25, 0.3) is 6.08 Å². The number of hydrogen-bond donors (Lipinski definition) is 3. The number of furan rings is 1. The first kappa shape index (κ1) is 21.7. The van der Waals surface area contributed by atoms with Crippen molar-refractivity contribution in [3.8, 4) is 5.75 Å². The van der Waals surface area contributed by atoms with Gasteiger partial charge in [-0.3, -0.25) is 25.2 Å². The molecule has 0 aliphatic rings. The summed E-state index contributed by atoms with van der Waals surface area (Å²) in [4.78, 5) is 24.0. The lowest BCUT2D eigenvalue weighted by atomic mass is 10.2. The zero-order chi connectivity index (χ0) is 22.3. The van der Waals surface area contributed by atoms with Crippen LogP contribution in [0.3, 0.4) is 0 Å². The molecule has 0 unspecified atom stereocenters. The number of nitrogens with one attached hydrogen (secondary N) is 3. The summed E-state index contributed by atoms with van der Waals surface area (Å²) in [5, 5.41) is 0. The average molecular weight is 441 g/mol. The maximum Gasteiger partial charge on any atom is 0.269 e. The zero-order valence-corrected chi connectivity index (χ0v) is 17.2. The number of amides is 2. The fraction of sp³-hybridized carbons (Fsp3) is 0.0476. The molecule has 1 aromatic heterocycles. The normalized spacial score (nSPS) is 11.1. The van der Waals surface area contributed by atoms with E-state index in [1.54, 1.807) is 36.4 Å². The van der Waals surface area contributed by atoms with Crippen molar-refractivity contribution in [2.24, 2.45) is 0 Å². The Morgan fingerprint density at radius 2 is 1.81 bits per heavy atom. The maximum absolute atomic E-state index is 12.7. The minimum absolute atomic E-state index is 0.0400. The lowest BCUT2D eigenvalue weighted by molar-refractivity contribution is -0.117. The van der Waals surface area contributed by atoms with Crippen LogP contribution < -0.4 is 20.3 Å². The molecule has 0 saturated heterocycles. The summed E-state index contributed by atoms with van der Waals surface area (Å²) in [6.07, 6.45) is 4.07. The number of anilines is 1. The molecule has 1 heterocycles. The topological polar surface area (TPSA) is 127 Å². The molecule has 3 N–H and O–H groups in total. The van der Waals surface area contributed by atoms with Crippen LogP contribution in [-0.4, -0.2) is 27.3 Å². The van der Waals surface area contributed by atoms with E-state index in [0.717, 1.165) is 0 Å². The fourth-order valence-corrected chi connectivity index (χ4v) is 3.63. The number of ether oxygens (including phenoxy) is 1. The van der Waals surface area contributed by atoms with Crippen molar-refractivity contribution < 1.29 is 27.2 Å². The Balaban J connectivity index is 1.67. The van der Waals surface area contributed by atoms with E-state index in [2.05, 4.69) is 15.6 Å². The number of carbonyl (C=O) groups excluding carboxylic acids is 2. The van der Waals surface area contributed by atoms with Gasteiger partial charge in [0, 0.05) is 11.6 Å². The Bertz CT molecular complexity index is 1200. The maximum atomic E-state index is 12.7. The number of sulfonamides is 1. The van der Waals surface area contributed by atoms with E-state index < -0.39 is 21.8 Å². The summed E-state index contributed by atoms with van der Waals surface area (Å²) in [6.45, 7) is 0. The highest BCUT2D eigenvalue weighted by atomic mass is 32.2. The SMILES string of the molecule is COc1ccccc1NS(=O)(=O)c1cccc(C(=O)NNC(=O)C=Cc2ccco2)c1. The van der Waals surface area contributed by atoms with Gasteiger partial charge < -0.3 is 9.15 Å². The van der Waals surface area contributed by atoms with E-state index in [9.17, 15) is 18.0 Å². The van der Waals surface area contributed by atoms with Crippen molar-refractivity contribution in [2.75, 3.05) is 11.8 Å². The van der Waals surface area contributed by atoms with E-state index in [1.165, 1.54) is 49.8 Å². The van der Waals surface area contributed by atoms with E-state index >= 15 is 0 Å². The molecule has 0 aliphatic carbocycles. The third-order valence-electron chi connectivity index (χ3n) is 4.00. The minimum Gasteiger partial charge on any atom is -0.495 e. The van der Waals surface area contributed by atoms with Crippen LogP contribution in [0, 0.1) is 0 Å². The van der Waals surface area contributed by atoms with E-state index in [0.29, 0.717) is 11.5 Å². The molecule has 3 aromatic rings. The smallest absolute Gasteiger partial charge is 0.269 e. The molecule has 0 aliphatic heterocycles. The van der Waals surface area contributed by atoms with Gasteiger partial charge in [0.25, 0.3) is 21.8 Å². The lowest BCUT2D eigenvalue weighted by Gasteiger charge is -2.12. The van der Waals surface area contributed by atoms with Crippen LogP contribution in [0.5, 0.6) is 5.75 Å². The van der Waals surface area contributed by atoms with Gasteiger partial charge in [0.1, 0.15) is 11.5 Å². The fourth-order valence-electron chi connectivity index (χ4n) is 2.51. The highest BCUT2D eigenvalue weighted by Crippen LogP contribution is 2.26. The number of benzene rings is 2. The highest BCUT2D eigenvalue weighted by Gasteiger charge is 2.18. The Morgan fingerprint density at radius 1 is 1.00 bits per heavy atom. The second-order valence-corrected chi connectivity index (χ2v) is 7.81. The molecule has 0 radical (unpaired) electrons. The molecule has 9 nitrogen and oxygen atoms in total. The molecule has 0 fully saturated rings. The largest absolute Gasteiger partial charge is 0.495 e. The molecule has 10 heteroatoms. The summed E-state index contributed by atoms with van der Waals surface area (Å²) < 4.78 is 38.1. The van der Waals surface area contributed by atoms with Gasteiger partial charge in [-0.2, -0.15) is 0 Å².